The van der Waals surface area contributed by atoms with Crippen molar-refractivity contribution in [1.82, 2.24) is 10.6 Å². The summed E-state index contributed by atoms with van der Waals surface area (Å²) in [6, 6.07) is -1.02. The minimum Gasteiger partial charge on any atom is -0.388 e. The average Bonchev–Trinajstić information content (AvgIpc) is 3.08. The van der Waals surface area contributed by atoms with Gasteiger partial charge >= 0.3 is 0 Å². The standard InChI is InChI=1S/C25H42N2O6S/c1-13(2)10-15-7-8-32-22-16(11-15)12-26-18(22)24(31)27-17-14(3)6-4-5-9-34-25-21(30)19(28)20(29)23(17)33-25/h4,6,13-23,25-26,28-30H,5,7-12H2,1-3H3,(H,27,31)/t14-,15+,16+,17-,18+,19+,20-,21-,22-,23-,25-/m1/s1. The molecule has 4 aliphatic rings. The zero-order chi connectivity index (χ0) is 24.4. The van der Waals surface area contributed by atoms with E-state index in [9.17, 15) is 20.1 Å². The fraction of sp³-hybridized carbons (Fsp3) is 0.880. The van der Waals surface area contributed by atoms with Gasteiger partial charge in [0.25, 0.3) is 0 Å². The van der Waals surface area contributed by atoms with E-state index < -0.39 is 41.9 Å². The van der Waals surface area contributed by atoms with E-state index in [-0.39, 0.29) is 17.9 Å². The van der Waals surface area contributed by atoms with Gasteiger partial charge in [0.15, 0.2) is 0 Å². The fourth-order valence-corrected chi connectivity index (χ4v) is 7.10. The molecule has 0 unspecified atom stereocenters. The van der Waals surface area contributed by atoms with Crippen LogP contribution >= 0.6 is 11.8 Å². The number of rotatable bonds is 4. The van der Waals surface area contributed by atoms with E-state index in [1.54, 1.807) is 0 Å². The largest absolute Gasteiger partial charge is 0.388 e. The zero-order valence-electron chi connectivity index (χ0n) is 20.5. The SMILES string of the molecule is CC(C)C[C@@H]1CCO[C@@H]2[C@H](CN[C@@H]2C(=O)N[C@H]2[C@H]3O[C@H](SCCC=C[C@H]2C)[C@H](O)[C@@H](O)[C@H]3O)C1. The number of ether oxygens (including phenoxy) is 2. The second-order valence-electron chi connectivity index (χ2n) is 10.9. The smallest absolute Gasteiger partial charge is 0.240 e. The van der Waals surface area contributed by atoms with Crippen molar-refractivity contribution in [3.05, 3.63) is 12.2 Å². The van der Waals surface area contributed by atoms with Gasteiger partial charge in [0.1, 0.15) is 35.9 Å². The van der Waals surface area contributed by atoms with Crippen LogP contribution in [0.25, 0.3) is 0 Å². The van der Waals surface area contributed by atoms with Crippen molar-refractivity contribution in [2.24, 2.45) is 23.7 Å². The number of aliphatic hydroxyl groups excluding tert-OH is 3. The van der Waals surface area contributed by atoms with Crippen LogP contribution in [0.2, 0.25) is 0 Å². The molecule has 3 saturated heterocycles. The zero-order valence-corrected chi connectivity index (χ0v) is 21.3. The van der Waals surface area contributed by atoms with Gasteiger partial charge in [-0.3, -0.25) is 4.79 Å². The second kappa shape index (κ2) is 11.6. The van der Waals surface area contributed by atoms with Crippen molar-refractivity contribution >= 4 is 17.7 Å². The highest BCUT2D eigenvalue weighted by atomic mass is 32.2. The predicted molar refractivity (Wildman–Crippen MR) is 131 cm³/mol. The summed E-state index contributed by atoms with van der Waals surface area (Å²) < 4.78 is 12.3. The molecule has 2 bridgehead atoms. The number of aliphatic hydroxyl groups is 3. The maximum absolute atomic E-state index is 13.5. The molecule has 3 fully saturated rings. The van der Waals surface area contributed by atoms with Crippen molar-refractivity contribution in [3.63, 3.8) is 0 Å². The first-order valence-electron chi connectivity index (χ1n) is 12.9. The molecule has 4 rings (SSSR count). The number of carbonyl (C=O) groups excluding carboxylic acids is 1. The first kappa shape index (κ1) is 26.4. The van der Waals surface area contributed by atoms with Crippen LogP contribution in [-0.4, -0.2) is 88.2 Å². The molecule has 34 heavy (non-hydrogen) atoms. The van der Waals surface area contributed by atoms with Crippen molar-refractivity contribution in [3.8, 4) is 0 Å². The molecule has 194 valence electrons. The number of nitrogens with one attached hydrogen (secondary N) is 2. The Balaban J connectivity index is 1.48. The van der Waals surface area contributed by atoms with E-state index in [2.05, 4.69) is 30.6 Å². The van der Waals surface area contributed by atoms with Crippen LogP contribution in [0.15, 0.2) is 12.2 Å². The van der Waals surface area contributed by atoms with E-state index in [0.29, 0.717) is 24.4 Å². The summed E-state index contributed by atoms with van der Waals surface area (Å²) in [5.41, 5.74) is -0.654. The summed E-state index contributed by atoms with van der Waals surface area (Å²) in [7, 11) is 0. The first-order chi connectivity index (χ1) is 16.3. The molecule has 0 aromatic rings. The third-order valence-electron chi connectivity index (χ3n) is 7.79. The highest BCUT2D eigenvalue weighted by Crippen LogP contribution is 2.35. The molecule has 11 atom stereocenters. The Bertz CT molecular complexity index is 724. The lowest BCUT2D eigenvalue weighted by Gasteiger charge is -2.45. The molecule has 0 spiro atoms. The average molecular weight is 499 g/mol. The van der Waals surface area contributed by atoms with Gasteiger partial charge in [-0.1, -0.05) is 32.9 Å². The quantitative estimate of drug-likeness (QED) is 0.365. The first-order valence-corrected chi connectivity index (χ1v) is 13.9. The van der Waals surface area contributed by atoms with Gasteiger partial charge in [0, 0.05) is 13.2 Å². The Morgan fingerprint density at radius 2 is 2.00 bits per heavy atom. The number of thioether (sulfide) groups is 1. The highest BCUT2D eigenvalue weighted by Gasteiger charge is 2.49. The van der Waals surface area contributed by atoms with Crippen LogP contribution in [0.5, 0.6) is 0 Å². The molecule has 1 amide bonds. The van der Waals surface area contributed by atoms with Crippen LogP contribution < -0.4 is 10.6 Å². The molecule has 0 aromatic heterocycles. The van der Waals surface area contributed by atoms with E-state index in [1.165, 1.54) is 18.2 Å². The fourth-order valence-electron chi connectivity index (χ4n) is 6.03. The van der Waals surface area contributed by atoms with Crippen LogP contribution in [0.4, 0.5) is 0 Å². The van der Waals surface area contributed by atoms with Crippen LogP contribution in [0.1, 0.15) is 46.5 Å². The maximum atomic E-state index is 13.5. The number of amides is 1. The predicted octanol–water partition coefficient (Wildman–Crippen LogP) is 1.04. The minimum absolute atomic E-state index is 0.127. The van der Waals surface area contributed by atoms with Crippen molar-refractivity contribution < 1.29 is 29.6 Å². The molecule has 9 heteroatoms. The van der Waals surface area contributed by atoms with E-state index in [0.717, 1.165) is 31.6 Å². The van der Waals surface area contributed by atoms with E-state index in [4.69, 9.17) is 9.47 Å². The van der Waals surface area contributed by atoms with Gasteiger partial charge in [-0.15, -0.1) is 11.8 Å². The summed E-state index contributed by atoms with van der Waals surface area (Å²) >= 11 is 1.42. The summed E-state index contributed by atoms with van der Waals surface area (Å²) in [4.78, 5) is 13.5. The number of hydrogen-bond donors (Lipinski definition) is 5. The molecule has 0 saturated carbocycles. The van der Waals surface area contributed by atoms with Crippen molar-refractivity contribution in [1.29, 1.82) is 0 Å². The normalized spacial score (nSPS) is 45.4. The number of hydrogen-bond acceptors (Lipinski definition) is 8. The van der Waals surface area contributed by atoms with Crippen LogP contribution in [0.3, 0.4) is 0 Å². The van der Waals surface area contributed by atoms with Gasteiger partial charge in [0.2, 0.25) is 5.91 Å². The summed E-state index contributed by atoms with van der Waals surface area (Å²) in [6.07, 6.45) is 3.36. The molecule has 5 N–H and O–H groups in total. The Morgan fingerprint density at radius 3 is 2.76 bits per heavy atom. The highest BCUT2D eigenvalue weighted by molar-refractivity contribution is 7.99. The Labute approximate surface area is 207 Å². The van der Waals surface area contributed by atoms with Gasteiger partial charge in [-0.05, 0) is 55.1 Å². The van der Waals surface area contributed by atoms with E-state index >= 15 is 0 Å². The number of carbonyl (C=O) groups is 1. The molecular formula is C25H42N2O6S. The summed E-state index contributed by atoms with van der Waals surface area (Å²) in [6.45, 7) is 7.90. The lowest BCUT2D eigenvalue weighted by atomic mass is 9.85. The third kappa shape index (κ3) is 5.82. The Morgan fingerprint density at radius 1 is 1.21 bits per heavy atom. The molecule has 8 nitrogen and oxygen atoms in total. The van der Waals surface area contributed by atoms with Crippen LogP contribution in [0, 0.1) is 23.7 Å². The summed E-state index contributed by atoms with van der Waals surface area (Å²) in [5, 5.41) is 38.2. The van der Waals surface area contributed by atoms with Gasteiger partial charge < -0.3 is 35.4 Å². The van der Waals surface area contributed by atoms with Gasteiger partial charge in [-0.25, -0.2) is 0 Å². The Kier molecular flexibility index (Phi) is 8.99. The van der Waals surface area contributed by atoms with Crippen molar-refractivity contribution in [2.75, 3.05) is 18.9 Å². The lowest BCUT2D eigenvalue weighted by Crippen LogP contribution is -2.65. The molecular weight excluding hydrogens is 456 g/mol. The van der Waals surface area contributed by atoms with Gasteiger partial charge in [0.05, 0.1) is 12.1 Å². The molecule has 4 aliphatic heterocycles. The topological polar surface area (TPSA) is 120 Å². The number of fused-ring (bicyclic) bond motifs is 3. The molecule has 0 aliphatic carbocycles. The molecule has 0 aromatic carbocycles. The lowest BCUT2D eigenvalue weighted by molar-refractivity contribution is -0.207. The third-order valence-corrected chi connectivity index (χ3v) is 8.98. The van der Waals surface area contributed by atoms with E-state index in [1.807, 2.05) is 13.0 Å². The summed E-state index contributed by atoms with van der Waals surface area (Å²) in [5.74, 6) is 2.01. The van der Waals surface area contributed by atoms with Crippen molar-refractivity contribution in [2.45, 2.75) is 94.5 Å². The molecule has 4 heterocycles. The van der Waals surface area contributed by atoms with Crippen LogP contribution in [-0.2, 0) is 14.3 Å². The minimum atomic E-state index is -1.33. The molecule has 0 radical (unpaired) electrons. The second-order valence-corrected chi connectivity index (χ2v) is 12.1. The Hall–Kier alpha value is -0.680. The maximum Gasteiger partial charge on any atom is 0.240 e. The van der Waals surface area contributed by atoms with Gasteiger partial charge in [-0.2, -0.15) is 0 Å². The number of allylic oxidation sites excluding steroid dienone is 1. The monoisotopic (exact) mass is 498 g/mol.